The number of methoxy groups -OCH3 is 1. The number of benzene rings is 2. The van der Waals surface area contributed by atoms with Gasteiger partial charge in [-0.05, 0) is 57.5 Å². The number of fused-ring (bicyclic) bond motifs is 1. The lowest BCUT2D eigenvalue weighted by molar-refractivity contribution is -0.157. The molecule has 0 aliphatic rings. The highest BCUT2D eigenvalue weighted by atomic mass is 16.6. The van der Waals surface area contributed by atoms with Gasteiger partial charge < -0.3 is 18.6 Å². The van der Waals surface area contributed by atoms with Crippen molar-refractivity contribution in [1.29, 1.82) is 0 Å². The molecule has 6 nitrogen and oxygen atoms in total. The Morgan fingerprint density at radius 3 is 2.31 bits per heavy atom. The summed E-state index contributed by atoms with van der Waals surface area (Å²) in [5, 5.41) is 0.436. The zero-order valence-electron chi connectivity index (χ0n) is 17.2. The molecular weight excluding hydrogens is 372 g/mol. The minimum absolute atomic E-state index is 0.132. The summed E-state index contributed by atoms with van der Waals surface area (Å²) < 4.78 is 21.8. The molecule has 0 aliphatic heterocycles. The lowest BCUT2D eigenvalue weighted by atomic mass is 10.0. The van der Waals surface area contributed by atoms with Gasteiger partial charge in [-0.3, -0.25) is 4.79 Å². The van der Waals surface area contributed by atoms with Gasteiger partial charge in [0.1, 0.15) is 28.4 Å². The van der Waals surface area contributed by atoms with Gasteiger partial charge in [0.05, 0.1) is 18.1 Å². The molecule has 0 fully saturated rings. The van der Waals surface area contributed by atoms with Gasteiger partial charge in [0.2, 0.25) is 5.43 Å². The second kappa shape index (κ2) is 7.99. The fourth-order valence-corrected chi connectivity index (χ4v) is 2.98. The molecule has 0 N–H and O–H groups in total. The van der Waals surface area contributed by atoms with Gasteiger partial charge in [-0.1, -0.05) is 12.1 Å². The Bertz CT molecular complexity index is 1090. The maximum atomic E-state index is 13.0. The number of aryl methyl sites for hydroxylation is 1. The standard InChI is InChI=1S/C23H24O6/c1-14-21(15-6-8-16(26-5)9-7-15)22(25)18-11-10-17(12-19(18)28-14)27-13-20(24)29-23(2,3)4/h6-12H,13H2,1-5H3. The lowest BCUT2D eigenvalue weighted by Crippen LogP contribution is -2.27. The van der Waals surface area contributed by atoms with Crippen molar-refractivity contribution in [3.8, 4) is 22.6 Å². The smallest absolute Gasteiger partial charge is 0.344 e. The molecule has 0 saturated carbocycles. The highest BCUT2D eigenvalue weighted by Crippen LogP contribution is 2.27. The van der Waals surface area contributed by atoms with Gasteiger partial charge in [-0.15, -0.1) is 0 Å². The second-order valence-electron chi connectivity index (χ2n) is 7.62. The quantitative estimate of drug-likeness (QED) is 0.591. The minimum Gasteiger partial charge on any atom is -0.497 e. The van der Waals surface area contributed by atoms with Crippen LogP contribution in [0.4, 0.5) is 0 Å². The average Bonchev–Trinajstić information content (AvgIpc) is 2.65. The van der Waals surface area contributed by atoms with Crippen LogP contribution in [-0.2, 0) is 9.53 Å². The summed E-state index contributed by atoms with van der Waals surface area (Å²) in [6, 6.07) is 12.1. The van der Waals surface area contributed by atoms with Crippen molar-refractivity contribution in [1.82, 2.24) is 0 Å². The summed E-state index contributed by atoms with van der Waals surface area (Å²) >= 11 is 0. The van der Waals surface area contributed by atoms with Crippen LogP contribution >= 0.6 is 0 Å². The first-order valence-electron chi connectivity index (χ1n) is 9.24. The van der Waals surface area contributed by atoms with Crippen molar-refractivity contribution < 1.29 is 23.4 Å². The Hall–Kier alpha value is -3.28. The molecule has 0 amide bonds. The largest absolute Gasteiger partial charge is 0.497 e. The summed E-state index contributed by atoms with van der Waals surface area (Å²) in [5.74, 6) is 1.16. The molecule has 0 unspecified atom stereocenters. The summed E-state index contributed by atoms with van der Waals surface area (Å²) in [4.78, 5) is 24.9. The predicted molar refractivity (Wildman–Crippen MR) is 111 cm³/mol. The molecule has 1 heterocycles. The third kappa shape index (κ3) is 4.77. The first kappa shape index (κ1) is 20.5. The van der Waals surface area contributed by atoms with E-state index >= 15 is 0 Å². The van der Waals surface area contributed by atoms with E-state index in [1.165, 1.54) is 0 Å². The molecule has 29 heavy (non-hydrogen) atoms. The van der Waals surface area contributed by atoms with Crippen LogP contribution in [-0.4, -0.2) is 25.3 Å². The van der Waals surface area contributed by atoms with Crippen LogP contribution in [0.2, 0.25) is 0 Å². The highest BCUT2D eigenvalue weighted by molar-refractivity contribution is 5.84. The molecule has 0 saturated heterocycles. The first-order chi connectivity index (χ1) is 13.7. The molecule has 1 aromatic heterocycles. The SMILES string of the molecule is COc1ccc(-c2c(C)oc3cc(OCC(=O)OC(C)(C)C)ccc3c2=O)cc1. The Balaban J connectivity index is 1.89. The molecule has 2 aromatic carbocycles. The predicted octanol–water partition coefficient (Wildman–Crippen LogP) is 4.50. The fourth-order valence-electron chi connectivity index (χ4n) is 2.98. The molecule has 0 spiro atoms. The molecule has 3 rings (SSSR count). The summed E-state index contributed by atoms with van der Waals surface area (Å²) in [5.41, 5.74) is 0.942. The number of carbonyl (C=O) groups excluding carboxylic acids is 1. The van der Waals surface area contributed by atoms with Gasteiger partial charge in [0.15, 0.2) is 6.61 Å². The number of carbonyl (C=O) groups is 1. The van der Waals surface area contributed by atoms with Crippen LogP contribution in [0.15, 0.2) is 51.7 Å². The van der Waals surface area contributed by atoms with E-state index in [1.54, 1.807) is 65.1 Å². The molecule has 3 aromatic rings. The molecule has 0 atom stereocenters. The monoisotopic (exact) mass is 396 g/mol. The number of rotatable bonds is 5. The molecule has 6 heteroatoms. The van der Waals surface area contributed by atoms with Gasteiger partial charge >= 0.3 is 5.97 Å². The van der Waals surface area contributed by atoms with Crippen molar-refractivity contribution in [3.05, 3.63) is 58.4 Å². The minimum atomic E-state index is -0.578. The summed E-state index contributed by atoms with van der Waals surface area (Å²) in [6.07, 6.45) is 0. The Labute approximate surface area is 169 Å². The van der Waals surface area contributed by atoms with E-state index in [-0.39, 0.29) is 12.0 Å². The summed E-state index contributed by atoms with van der Waals surface area (Å²) in [6.45, 7) is 6.89. The number of hydrogen-bond donors (Lipinski definition) is 0. The van der Waals surface area contributed by atoms with E-state index in [9.17, 15) is 9.59 Å². The van der Waals surface area contributed by atoms with Crippen molar-refractivity contribution in [3.63, 3.8) is 0 Å². The van der Waals surface area contributed by atoms with Gasteiger partial charge in [-0.25, -0.2) is 4.79 Å². The maximum Gasteiger partial charge on any atom is 0.344 e. The van der Waals surface area contributed by atoms with E-state index in [2.05, 4.69) is 0 Å². The van der Waals surface area contributed by atoms with Crippen molar-refractivity contribution >= 4 is 16.9 Å². The van der Waals surface area contributed by atoms with E-state index in [0.717, 1.165) is 5.56 Å². The zero-order valence-corrected chi connectivity index (χ0v) is 17.2. The zero-order chi connectivity index (χ0) is 21.2. The summed E-state index contributed by atoms with van der Waals surface area (Å²) in [7, 11) is 1.59. The van der Waals surface area contributed by atoms with E-state index < -0.39 is 11.6 Å². The fraction of sp³-hybridized carbons (Fsp3) is 0.304. The molecule has 0 radical (unpaired) electrons. The second-order valence-corrected chi connectivity index (χ2v) is 7.62. The van der Waals surface area contributed by atoms with E-state index in [1.807, 2.05) is 12.1 Å². The highest BCUT2D eigenvalue weighted by Gasteiger charge is 2.17. The van der Waals surface area contributed by atoms with E-state index in [0.29, 0.717) is 33.8 Å². The maximum absolute atomic E-state index is 13.0. The first-order valence-corrected chi connectivity index (χ1v) is 9.24. The third-order valence-electron chi connectivity index (χ3n) is 4.20. The normalized spacial score (nSPS) is 11.3. The van der Waals surface area contributed by atoms with Crippen LogP contribution in [0.5, 0.6) is 11.5 Å². The molecular formula is C23H24O6. The van der Waals surface area contributed by atoms with Crippen LogP contribution in [0.1, 0.15) is 26.5 Å². The van der Waals surface area contributed by atoms with E-state index in [4.69, 9.17) is 18.6 Å². The Morgan fingerprint density at radius 1 is 1.03 bits per heavy atom. The van der Waals surface area contributed by atoms with Crippen molar-refractivity contribution in [2.45, 2.75) is 33.3 Å². The van der Waals surface area contributed by atoms with Gasteiger partial charge in [0, 0.05) is 6.07 Å². The van der Waals surface area contributed by atoms with Crippen molar-refractivity contribution in [2.24, 2.45) is 0 Å². The molecule has 152 valence electrons. The van der Waals surface area contributed by atoms with Crippen LogP contribution in [0.3, 0.4) is 0 Å². The molecule has 0 bridgehead atoms. The number of hydrogen-bond acceptors (Lipinski definition) is 6. The Kier molecular flexibility index (Phi) is 5.64. The lowest BCUT2D eigenvalue weighted by Gasteiger charge is -2.19. The van der Waals surface area contributed by atoms with Crippen LogP contribution < -0.4 is 14.9 Å². The van der Waals surface area contributed by atoms with Crippen LogP contribution in [0, 0.1) is 6.92 Å². The average molecular weight is 396 g/mol. The van der Waals surface area contributed by atoms with Gasteiger partial charge in [-0.2, -0.15) is 0 Å². The van der Waals surface area contributed by atoms with Crippen molar-refractivity contribution in [2.75, 3.05) is 13.7 Å². The topological polar surface area (TPSA) is 75.0 Å². The molecule has 0 aliphatic carbocycles. The Morgan fingerprint density at radius 2 is 1.69 bits per heavy atom. The van der Waals surface area contributed by atoms with Crippen LogP contribution in [0.25, 0.3) is 22.1 Å². The van der Waals surface area contributed by atoms with Gasteiger partial charge in [0.25, 0.3) is 0 Å². The third-order valence-corrected chi connectivity index (χ3v) is 4.20. The number of esters is 1. The number of ether oxygens (including phenoxy) is 3.